The van der Waals surface area contributed by atoms with Crippen molar-refractivity contribution in [3.63, 3.8) is 0 Å². The molecule has 0 saturated carbocycles. The van der Waals surface area contributed by atoms with E-state index in [0.29, 0.717) is 13.0 Å². The van der Waals surface area contributed by atoms with Crippen molar-refractivity contribution >= 4 is 5.78 Å². The number of likely N-dealkylation sites (N-methyl/N-ethyl adjacent to an activating group) is 1. The molecule has 0 aliphatic carbocycles. The van der Waals surface area contributed by atoms with Crippen molar-refractivity contribution in [1.82, 2.24) is 4.90 Å². The Morgan fingerprint density at radius 2 is 1.67 bits per heavy atom. The standard InChI is InChI=1S/C18H21NO2/c1-19(2)12-13-21-17-10-8-15(9-11-17)14-18(20)16-6-4-3-5-7-16/h3-11H,12-14H2,1-2H3. The van der Waals surface area contributed by atoms with E-state index in [2.05, 4.69) is 4.90 Å². The Kier molecular flexibility index (Phi) is 5.52. The van der Waals surface area contributed by atoms with Crippen LogP contribution in [0.4, 0.5) is 0 Å². The summed E-state index contributed by atoms with van der Waals surface area (Å²) >= 11 is 0. The Bertz CT molecular complexity index is 562. The largest absolute Gasteiger partial charge is 0.492 e. The summed E-state index contributed by atoms with van der Waals surface area (Å²) in [4.78, 5) is 14.2. The highest BCUT2D eigenvalue weighted by Crippen LogP contribution is 2.14. The molecule has 0 aromatic heterocycles. The number of hydrogen-bond acceptors (Lipinski definition) is 3. The Hall–Kier alpha value is -2.13. The summed E-state index contributed by atoms with van der Waals surface area (Å²) in [7, 11) is 4.03. The lowest BCUT2D eigenvalue weighted by molar-refractivity contribution is 0.0993. The Morgan fingerprint density at radius 3 is 2.29 bits per heavy atom. The van der Waals surface area contributed by atoms with Crippen LogP contribution in [0.1, 0.15) is 15.9 Å². The summed E-state index contributed by atoms with van der Waals surface area (Å²) < 4.78 is 5.63. The minimum absolute atomic E-state index is 0.136. The third-order valence-corrected chi connectivity index (χ3v) is 3.19. The quantitative estimate of drug-likeness (QED) is 0.731. The molecule has 0 heterocycles. The summed E-state index contributed by atoms with van der Waals surface area (Å²) in [6.45, 7) is 1.55. The second-order valence-corrected chi connectivity index (χ2v) is 5.26. The molecule has 2 aromatic carbocycles. The van der Waals surface area contributed by atoms with Gasteiger partial charge < -0.3 is 9.64 Å². The van der Waals surface area contributed by atoms with Gasteiger partial charge in [0.2, 0.25) is 0 Å². The Balaban J connectivity index is 1.89. The van der Waals surface area contributed by atoms with E-state index in [4.69, 9.17) is 4.74 Å². The number of benzene rings is 2. The fourth-order valence-corrected chi connectivity index (χ4v) is 1.96. The van der Waals surface area contributed by atoms with Crippen molar-refractivity contribution in [2.45, 2.75) is 6.42 Å². The van der Waals surface area contributed by atoms with Gasteiger partial charge in [0.1, 0.15) is 12.4 Å². The van der Waals surface area contributed by atoms with Crippen LogP contribution in [0.15, 0.2) is 54.6 Å². The predicted octanol–water partition coefficient (Wildman–Crippen LogP) is 3.05. The van der Waals surface area contributed by atoms with Crippen molar-refractivity contribution in [2.24, 2.45) is 0 Å². The number of ether oxygens (including phenoxy) is 1. The van der Waals surface area contributed by atoms with Gasteiger partial charge >= 0.3 is 0 Å². The van der Waals surface area contributed by atoms with E-state index in [-0.39, 0.29) is 5.78 Å². The normalized spacial score (nSPS) is 10.6. The molecule has 0 amide bonds. The minimum atomic E-state index is 0.136. The molecule has 0 spiro atoms. The van der Waals surface area contributed by atoms with Crippen LogP contribution in [-0.2, 0) is 6.42 Å². The van der Waals surface area contributed by atoms with Crippen molar-refractivity contribution < 1.29 is 9.53 Å². The number of nitrogens with zero attached hydrogens (tertiary/aromatic N) is 1. The second-order valence-electron chi connectivity index (χ2n) is 5.26. The zero-order valence-corrected chi connectivity index (χ0v) is 12.6. The molecule has 0 aliphatic rings. The molecule has 0 saturated heterocycles. The average molecular weight is 283 g/mol. The maximum absolute atomic E-state index is 12.1. The van der Waals surface area contributed by atoms with E-state index in [0.717, 1.165) is 23.4 Å². The molecule has 3 heteroatoms. The topological polar surface area (TPSA) is 29.5 Å². The van der Waals surface area contributed by atoms with Gasteiger partial charge in [-0.15, -0.1) is 0 Å². The number of carbonyl (C=O) groups is 1. The first kappa shape index (κ1) is 15.3. The van der Waals surface area contributed by atoms with E-state index in [9.17, 15) is 4.79 Å². The molecular weight excluding hydrogens is 262 g/mol. The molecule has 0 atom stereocenters. The van der Waals surface area contributed by atoms with Crippen LogP contribution < -0.4 is 4.74 Å². The van der Waals surface area contributed by atoms with Gasteiger partial charge in [0, 0.05) is 18.5 Å². The Morgan fingerprint density at radius 1 is 1.00 bits per heavy atom. The summed E-state index contributed by atoms with van der Waals surface area (Å²) in [6.07, 6.45) is 0.419. The van der Waals surface area contributed by atoms with Crippen molar-refractivity contribution in [2.75, 3.05) is 27.2 Å². The zero-order valence-electron chi connectivity index (χ0n) is 12.6. The van der Waals surface area contributed by atoms with Crippen LogP contribution in [0.3, 0.4) is 0 Å². The molecule has 2 rings (SSSR count). The lowest BCUT2D eigenvalue weighted by Crippen LogP contribution is -2.19. The SMILES string of the molecule is CN(C)CCOc1ccc(CC(=O)c2ccccc2)cc1. The van der Waals surface area contributed by atoms with E-state index >= 15 is 0 Å². The van der Waals surface area contributed by atoms with Gasteiger partial charge in [-0.25, -0.2) is 0 Å². The number of carbonyl (C=O) groups excluding carboxylic acids is 1. The van der Waals surface area contributed by atoms with Crippen LogP contribution in [0.2, 0.25) is 0 Å². The predicted molar refractivity (Wildman–Crippen MR) is 85.0 cm³/mol. The fraction of sp³-hybridized carbons (Fsp3) is 0.278. The van der Waals surface area contributed by atoms with E-state index in [1.807, 2.05) is 68.7 Å². The average Bonchev–Trinajstić information content (AvgIpc) is 2.49. The molecule has 0 N–H and O–H groups in total. The lowest BCUT2D eigenvalue weighted by Gasteiger charge is -2.11. The number of ketones is 1. The highest BCUT2D eigenvalue weighted by atomic mass is 16.5. The van der Waals surface area contributed by atoms with Gasteiger partial charge in [0.15, 0.2) is 5.78 Å². The van der Waals surface area contributed by atoms with E-state index in [1.54, 1.807) is 0 Å². The third kappa shape index (κ3) is 5.04. The molecule has 0 fully saturated rings. The lowest BCUT2D eigenvalue weighted by atomic mass is 10.0. The molecule has 110 valence electrons. The monoisotopic (exact) mass is 283 g/mol. The summed E-state index contributed by atoms with van der Waals surface area (Å²) in [6, 6.07) is 17.1. The third-order valence-electron chi connectivity index (χ3n) is 3.19. The number of Topliss-reactive ketones (excluding diaryl/α,β-unsaturated/α-hetero) is 1. The first-order valence-corrected chi connectivity index (χ1v) is 7.10. The first-order chi connectivity index (χ1) is 10.1. The van der Waals surface area contributed by atoms with Gasteiger partial charge in [-0.05, 0) is 31.8 Å². The number of rotatable bonds is 7. The van der Waals surface area contributed by atoms with Gasteiger partial charge in [-0.3, -0.25) is 4.79 Å². The molecule has 0 bridgehead atoms. The van der Waals surface area contributed by atoms with Crippen LogP contribution in [-0.4, -0.2) is 37.9 Å². The Labute approximate surface area is 126 Å². The van der Waals surface area contributed by atoms with Crippen LogP contribution >= 0.6 is 0 Å². The summed E-state index contributed by atoms with van der Waals surface area (Å²) in [5.74, 6) is 0.977. The maximum Gasteiger partial charge on any atom is 0.167 e. The van der Waals surface area contributed by atoms with Crippen LogP contribution in [0.5, 0.6) is 5.75 Å². The highest BCUT2D eigenvalue weighted by Gasteiger charge is 2.06. The molecule has 2 aromatic rings. The second kappa shape index (κ2) is 7.60. The van der Waals surface area contributed by atoms with Gasteiger partial charge in [-0.2, -0.15) is 0 Å². The zero-order chi connectivity index (χ0) is 15.1. The van der Waals surface area contributed by atoms with Crippen molar-refractivity contribution in [1.29, 1.82) is 0 Å². The summed E-state index contributed by atoms with van der Waals surface area (Å²) in [5.41, 5.74) is 1.76. The smallest absolute Gasteiger partial charge is 0.167 e. The van der Waals surface area contributed by atoms with Gasteiger partial charge in [-0.1, -0.05) is 42.5 Å². The maximum atomic E-state index is 12.1. The number of hydrogen-bond donors (Lipinski definition) is 0. The first-order valence-electron chi connectivity index (χ1n) is 7.10. The van der Waals surface area contributed by atoms with Crippen LogP contribution in [0.25, 0.3) is 0 Å². The highest BCUT2D eigenvalue weighted by molar-refractivity contribution is 5.97. The van der Waals surface area contributed by atoms with Crippen LogP contribution in [0, 0.1) is 0 Å². The van der Waals surface area contributed by atoms with E-state index < -0.39 is 0 Å². The minimum Gasteiger partial charge on any atom is -0.492 e. The van der Waals surface area contributed by atoms with Gasteiger partial charge in [0.25, 0.3) is 0 Å². The van der Waals surface area contributed by atoms with Crippen molar-refractivity contribution in [3.05, 3.63) is 65.7 Å². The fourth-order valence-electron chi connectivity index (χ4n) is 1.96. The molecule has 3 nitrogen and oxygen atoms in total. The van der Waals surface area contributed by atoms with Crippen molar-refractivity contribution in [3.8, 4) is 5.75 Å². The molecule has 21 heavy (non-hydrogen) atoms. The molecular formula is C18H21NO2. The van der Waals surface area contributed by atoms with Gasteiger partial charge in [0.05, 0.1) is 0 Å². The molecule has 0 aliphatic heterocycles. The van der Waals surface area contributed by atoms with E-state index in [1.165, 1.54) is 0 Å². The summed E-state index contributed by atoms with van der Waals surface area (Å²) in [5, 5.41) is 0. The molecule has 0 radical (unpaired) electrons. The molecule has 0 unspecified atom stereocenters.